The highest BCUT2D eigenvalue weighted by molar-refractivity contribution is 5.89. The minimum Gasteiger partial charge on any atom is -0.393 e. The Kier molecular flexibility index (Phi) is 5.79. The molecule has 0 aromatic heterocycles. The van der Waals surface area contributed by atoms with Gasteiger partial charge in [0, 0.05) is 25.2 Å². The van der Waals surface area contributed by atoms with Gasteiger partial charge in [0.25, 0.3) is 0 Å². The van der Waals surface area contributed by atoms with Gasteiger partial charge in [0.15, 0.2) is 0 Å². The lowest BCUT2D eigenvalue weighted by molar-refractivity contribution is 0.0575. The van der Waals surface area contributed by atoms with Crippen molar-refractivity contribution in [2.24, 2.45) is 5.92 Å². The van der Waals surface area contributed by atoms with E-state index >= 15 is 0 Å². The minimum atomic E-state index is -0.297. The fraction of sp³-hybridized carbons (Fsp3) is 0.529. The Bertz CT molecular complexity index is 536. The summed E-state index contributed by atoms with van der Waals surface area (Å²) in [5.41, 5.74) is 1.64. The van der Waals surface area contributed by atoms with Gasteiger partial charge in [0.05, 0.1) is 18.6 Å². The molecule has 1 aliphatic carbocycles. The standard InChI is InChI=1S/C17H23N3O2/c1-20(12-14-4-2-3-5-16(14)21)17(22)19-15-8-6-13(7-9-15)10-11-18/h6-9,14,16,21H,2-5,10,12H2,1H3,(H,19,22). The first kappa shape index (κ1) is 16.3. The molecule has 0 saturated heterocycles. The van der Waals surface area contributed by atoms with E-state index in [2.05, 4.69) is 11.4 Å². The quantitative estimate of drug-likeness (QED) is 0.897. The molecule has 5 nitrogen and oxygen atoms in total. The molecule has 5 heteroatoms. The maximum absolute atomic E-state index is 12.2. The van der Waals surface area contributed by atoms with Gasteiger partial charge in [-0.3, -0.25) is 0 Å². The van der Waals surface area contributed by atoms with Gasteiger partial charge in [-0.15, -0.1) is 0 Å². The van der Waals surface area contributed by atoms with Gasteiger partial charge in [-0.2, -0.15) is 5.26 Å². The van der Waals surface area contributed by atoms with E-state index in [4.69, 9.17) is 5.26 Å². The lowest BCUT2D eigenvalue weighted by Gasteiger charge is -2.31. The first-order chi connectivity index (χ1) is 10.6. The molecule has 2 unspecified atom stereocenters. The van der Waals surface area contributed by atoms with Crippen LogP contribution in [-0.4, -0.2) is 35.7 Å². The molecule has 22 heavy (non-hydrogen) atoms. The summed E-state index contributed by atoms with van der Waals surface area (Å²) < 4.78 is 0. The Balaban J connectivity index is 1.86. The van der Waals surface area contributed by atoms with Crippen LogP contribution in [-0.2, 0) is 6.42 Å². The second kappa shape index (κ2) is 7.81. The van der Waals surface area contributed by atoms with E-state index < -0.39 is 0 Å². The van der Waals surface area contributed by atoms with Crippen LogP contribution in [0, 0.1) is 17.2 Å². The second-order valence-electron chi connectivity index (χ2n) is 5.95. The Morgan fingerprint density at radius 2 is 2.05 bits per heavy atom. The summed E-state index contributed by atoms with van der Waals surface area (Å²) in [6.07, 6.45) is 4.07. The van der Waals surface area contributed by atoms with E-state index in [1.54, 1.807) is 24.1 Å². The van der Waals surface area contributed by atoms with Gasteiger partial charge < -0.3 is 15.3 Å². The average molecular weight is 301 g/mol. The number of aliphatic hydroxyl groups is 1. The highest BCUT2D eigenvalue weighted by atomic mass is 16.3. The molecule has 0 spiro atoms. The molecular formula is C17H23N3O2. The Morgan fingerprint density at radius 3 is 2.68 bits per heavy atom. The van der Waals surface area contributed by atoms with Crippen LogP contribution in [0.1, 0.15) is 31.2 Å². The minimum absolute atomic E-state index is 0.169. The zero-order valence-corrected chi connectivity index (χ0v) is 13.0. The number of nitriles is 1. The van der Waals surface area contributed by atoms with Crippen LogP contribution in [0.5, 0.6) is 0 Å². The van der Waals surface area contributed by atoms with E-state index in [-0.39, 0.29) is 18.1 Å². The van der Waals surface area contributed by atoms with Crippen LogP contribution in [0.15, 0.2) is 24.3 Å². The van der Waals surface area contributed by atoms with Crippen molar-refractivity contribution in [2.45, 2.75) is 38.2 Å². The molecule has 1 aromatic rings. The van der Waals surface area contributed by atoms with E-state index in [1.165, 1.54) is 0 Å². The lowest BCUT2D eigenvalue weighted by Crippen LogP contribution is -2.40. The highest BCUT2D eigenvalue weighted by Crippen LogP contribution is 2.25. The monoisotopic (exact) mass is 301 g/mol. The summed E-state index contributed by atoms with van der Waals surface area (Å²) in [5, 5.41) is 21.5. The number of hydrogen-bond acceptors (Lipinski definition) is 3. The number of benzene rings is 1. The third kappa shape index (κ3) is 4.47. The number of rotatable bonds is 4. The molecule has 2 rings (SSSR count). The number of hydrogen-bond donors (Lipinski definition) is 2. The molecule has 2 N–H and O–H groups in total. The van der Waals surface area contributed by atoms with Crippen molar-refractivity contribution in [3.63, 3.8) is 0 Å². The van der Waals surface area contributed by atoms with Crippen molar-refractivity contribution < 1.29 is 9.90 Å². The van der Waals surface area contributed by atoms with Gasteiger partial charge in [0.2, 0.25) is 0 Å². The van der Waals surface area contributed by atoms with Gasteiger partial charge in [-0.05, 0) is 30.5 Å². The molecule has 1 fully saturated rings. The Hall–Kier alpha value is -2.06. The van der Waals surface area contributed by atoms with E-state index in [0.29, 0.717) is 18.7 Å². The van der Waals surface area contributed by atoms with Crippen LogP contribution >= 0.6 is 0 Å². The summed E-state index contributed by atoms with van der Waals surface area (Å²) in [6.45, 7) is 0.569. The van der Waals surface area contributed by atoms with Crippen LogP contribution in [0.3, 0.4) is 0 Å². The van der Waals surface area contributed by atoms with Crippen molar-refractivity contribution in [1.82, 2.24) is 4.90 Å². The average Bonchev–Trinajstić information content (AvgIpc) is 2.51. The van der Waals surface area contributed by atoms with E-state index in [0.717, 1.165) is 31.2 Å². The second-order valence-corrected chi connectivity index (χ2v) is 5.95. The molecular weight excluding hydrogens is 278 g/mol. The summed E-state index contributed by atoms with van der Waals surface area (Å²) in [6, 6.07) is 9.19. The fourth-order valence-electron chi connectivity index (χ4n) is 2.85. The molecule has 2 atom stereocenters. The van der Waals surface area contributed by atoms with Crippen LogP contribution in [0.2, 0.25) is 0 Å². The molecule has 0 heterocycles. The van der Waals surface area contributed by atoms with Crippen molar-refractivity contribution in [3.05, 3.63) is 29.8 Å². The van der Waals surface area contributed by atoms with E-state index in [9.17, 15) is 9.90 Å². The molecule has 1 aromatic carbocycles. The predicted molar refractivity (Wildman–Crippen MR) is 85.4 cm³/mol. The molecule has 0 aliphatic heterocycles. The maximum atomic E-state index is 12.2. The molecule has 1 saturated carbocycles. The van der Waals surface area contributed by atoms with Gasteiger partial charge >= 0.3 is 6.03 Å². The Morgan fingerprint density at radius 1 is 1.36 bits per heavy atom. The molecule has 0 bridgehead atoms. The van der Waals surface area contributed by atoms with Crippen molar-refractivity contribution in [1.29, 1.82) is 5.26 Å². The zero-order chi connectivity index (χ0) is 15.9. The number of anilines is 1. The summed E-state index contributed by atoms with van der Waals surface area (Å²) >= 11 is 0. The number of aliphatic hydroxyl groups excluding tert-OH is 1. The van der Waals surface area contributed by atoms with Crippen molar-refractivity contribution in [2.75, 3.05) is 18.9 Å². The molecule has 2 amide bonds. The lowest BCUT2D eigenvalue weighted by atomic mass is 9.86. The topological polar surface area (TPSA) is 76.4 Å². The third-order valence-electron chi connectivity index (χ3n) is 4.21. The number of nitrogens with zero attached hydrogens (tertiary/aromatic N) is 2. The number of carbonyl (C=O) groups excluding carboxylic acids is 1. The molecule has 1 aliphatic rings. The van der Waals surface area contributed by atoms with Crippen molar-refractivity contribution >= 4 is 11.7 Å². The van der Waals surface area contributed by atoms with Crippen LogP contribution in [0.25, 0.3) is 0 Å². The van der Waals surface area contributed by atoms with Gasteiger partial charge in [-0.25, -0.2) is 4.79 Å². The number of nitrogens with one attached hydrogen (secondary N) is 1. The smallest absolute Gasteiger partial charge is 0.321 e. The van der Waals surface area contributed by atoms with Gasteiger partial charge in [-0.1, -0.05) is 25.0 Å². The number of urea groups is 1. The number of carbonyl (C=O) groups is 1. The summed E-state index contributed by atoms with van der Waals surface area (Å²) in [7, 11) is 1.75. The summed E-state index contributed by atoms with van der Waals surface area (Å²) in [4.78, 5) is 13.8. The zero-order valence-electron chi connectivity index (χ0n) is 13.0. The summed E-state index contributed by atoms with van der Waals surface area (Å²) in [5.74, 6) is 0.169. The third-order valence-corrected chi connectivity index (χ3v) is 4.21. The molecule has 0 radical (unpaired) electrons. The van der Waals surface area contributed by atoms with Crippen LogP contribution in [0.4, 0.5) is 10.5 Å². The normalized spacial score (nSPS) is 21.0. The van der Waals surface area contributed by atoms with E-state index in [1.807, 2.05) is 12.1 Å². The first-order valence-corrected chi connectivity index (χ1v) is 7.76. The molecule has 118 valence electrons. The number of amides is 2. The van der Waals surface area contributed by atoms with Gasteiger partial charge in [0.1, 0.15) is 0 Å². The predicted octanol–water partition coefficient (Wildman–Crippen LogP) is 2.77. The first-order valence-electron chi connectivity index (χ1n) is 7.76. The Labute approximate surface area is 131 Å². The largest absolute Gasteiger partial charge is 0.393 e. The van der Waals surface area contributed by atoms with Crippen molar-refractivity contribution in [3.8, 4) is 6.07 Å². The highest BCUT2D eigenvalue weighted by Gasteiger charge is 2.25. The fourth-order valence-corrected chi connectivity index (χ4v) is 2.85. The van der Waals surface area contributed by atoms with Crippen LogP contribution < -0.4 is 5.32 Å². The maximum Gasteiger partial charge on any atom is 0.321 e. The SMILES string of the molecule is CN(CC1CCCCC1O)C(=O)Nc1ccc(CC#N)cc1.